The van der Waals surface area contributed by atoms with E-state index in [1.165, 1.54) is 24.8 Å². The standard InChI is InChI=1S/C16H23N/c1-3-6-16(17-4-2)12-13-9-10-14-7-5-8-15(14)11-13/h3,9-11,16-17H,1,4-8,12H2,2H3. The van der Waals surface area contributed by atoms with E-state index in [9.17, 15) is 0 Å². The lowest BCUT2D eigenvalue weighted by molar-refractivity contribution is 0.529. The zero-order valence-corrected chi connectivity index (χ0v) is 10.8. The summed E-state index contributed by atoms with van der Waals surface area (Å²) < 4.78 is 0. The van der Waals surface area contributed by atoms with Crippen molar-refractivity contribution in [1.82, 2.24) is 5.32 Å². The van der Waals surface area contributed by atoms with Gasteiger partial charge in [-0.05, 0) is 55.3 Å². The zero-order chi connectivity index (χ0) is 12.1. The van der Waals surface area contributed by atoms with Crippen LogP contribution in [0.5, 0.6) is 0 Å². The second-order valence-corrected chi connectivity index (χ2v) is 4.94. The van der Waals surface area contributed by atoms with Crippen LogP contribution in [-0.4, -0.2) is 12.6 Å². The van der Waals surface area contributed by atoms with Gasteiger partial charge in [-0.2, -0.15) is 0 Å². The van der Waals surface area contributed by atoms with Gasteiger partial charge in [-0.15, -0.1) is 6.58 Å². The lowest BCUT2D eigenvalue weighted by atomic mass is 9.99. The van der Waals surface area contributed by atoms with Gasteiger partial charge in [-0.25, -0.2) is 0 Å². The molecule has 0 aromatic heterocycles. The molecular formula is C16H23N. The molecule has 0 bridgehead atoms. The van der Waals surface area contributed by atoms with Crippen molar-refractivity contribution in [3.05, 3.63) is 47.5 Å². The average molecular weight is 229 g/mol. The molecule has 1 aromatic rings. The molecule has 0 fully saturated rings. The second-order valence-electron chi connectivity index (χ2n) is 4.94. The number of nitrogens with one attached hydrogen (secondary N) is 1. The third-order valence-electron chi connectivity index (χ3n) is 3.59. The van der Waals surface area contributed by atoms with Gasteiger partial charge < -0.3 is 5.32 Å². The fraction of sp³-hybridized carbons (Fsp3) is 0.500. The monoisotopic (exact) mass is 229 g/mol. The zero-order valence-electron chi connectivity index (χ0n) is 10.8. The van der Waals surface area contributed by atoms with Crippen LogP contribution in [0.2, 0.25) is 0 Å². The van der Waals surface area contributed by atoms with Crippen LogP contribution >= 0.6 is 0 Å². The van der Waals surface area contributed by atoms with Crippen LogP contribution in [-0.2, 0) is 19.3 Å². The van der Waals surface area contributed by atoms with Crippen molar-refractivity contribution >= 4 is 0 Å². The highest BCUT2D eigenvalue weighted by molar-refractivity contribution is 5.35. The average Bonchev–Trinajstić information content (AvgIpc) is 2.77. The molecule has 1 unspecified atom stereocenters. The highest BCUT2D eigenvalue weighted by Crippen LogP contribution is 2.23. The van der Waals surface area contributed by atoms with Crippen LogP contribution in [0.4, 0.5) is 0 Å². The first-order valence-corrected chi connectivity index (χ1v) is 6.78. The number of likely N-dealkylation sites (N-methyl/N-ethyl adjacent to an activating group) is 1. The summed E-state index contributed by atoms with van der Waals surface area (Å²) in [7, 11) is 0. The van der Waals surface area contributed by atoms with Crippen molar-refractivity contribution in [3.8, 4) is 0 Å². The Bertz CT molecular complexity index is 381. The molecule has 1 aliphatic carbocycles. The van der Waals surface area contributed by atoms with Gasteiger partial charge in [-0.1, -0.05) is 31.2 Å². The van der Waals surface area contributed by atoms with Gasteiger partial charge in [-0.3, -0.25) is 0 Å². The summed E-state index contributed by atoms with van der Waals surface area (Å²) in [6.45, 7) is 7.04. The number of benzene rings is 1. The predicted molar refractivity (Wildman–Crippen MR) is 74.4 cm³/mol. The van der Waals surface area contributed by atoms with Crippen LogP contribution in [0.3, 0.4) is 0 Å². The molecule has 17 heavy (non-hydrogen) atoms. The van der Waals surface area contributed by atoms with Gasteiger partial charge in [0.2, 0.25) is 0 Å². The minimum atomic E-state index is 0.539. The van der Waals surface area contributed by atoms with Crippen molar-refractivity contribution in [1.29, 1.82) is 0 Å². The molecular weight excluding hydrogens is 206 g/mol. The Morgan fingerprint density at radius 1 is 1.35 bits per heavy atom. The number of hydrogen-bond acceptors (Lipinski definition) is 1. The molecule has 1 aliphatic rings. The van der Waals surface area contributed by atoms with Gasteiger partial charge in [0.1, 0.15) is 0 Å². The number of hydrogen-bond donors (Lipinski definition) is 1. The fourth-order valence-electron chi connectivity index (χ4n) is 2.77. The first kappa shape index (κ1) is 12.4. The molecule has 1 atom stereocenters. The SMILES string of the molecule is C=CCC(Cc1ccc2c(c1)CCC2)NCC. The lowest BCUT2D eigenvalue weighted by Crippen LogP contribution is -2.30. The van der Waals surface area contributed by atoms with Crippen LogP contribution in [0.1, 0.15) is 36.5 Å². The van der Waals surface area contributed by atoms with Crippen LogP contribution in [0, 0.1) is 0 Å². The Morgan fingerprint density at radius 3 is 2.94 bits per heavy atom. The molecule has 0 saturated carbocycles. The minimum absolute atomic E-state index is 0.539. The Hall–Kier alpha value is -1.08. The summed E-state index contributed by atoms with van der Waals surface area (Å²) in [4.78, 5) is 0. The molecule has 0 saturated heterocycles. The Balaban J connectivity index is 2.03. The van der Waals surface area contributed by atoms with E-state index in [1.807, 2.05) is 6.08 Å². The fourth-order valence-corrected chi connectivity index (χ4v) is 2.77. The minimum Gasteiger partial charge on any atom is -0.314 e. The summed E-state index contributed by atoms with van der Waals surface area (Å²) in [6.07, 6.45) is 8.07. The Labute approximate surface area is 105 Å². The van der Waals surface area contributed by atoms with E-state index in [4.69, 9.17) is 0 Å². The molecule has 1 aromatic carbocycles. The van der Waals surface area contributed by atoms with Gasteiger partial charge >= 0.3 is 0 Å². The highest BCUT2D eigenvalue weighted by atomic mass is 14.9. The first-order chi connectivity index (χ1) is 8.33. The largest absolute Gasteiger partial charge is 0.314 e. The summed E-state index contributed by atoms with van der Waals surface area (Å²) in [5.74, 6) is 0. The van der Waals surface area contributed by atoms with Gasteiger partial charge in [0.15, 0.2) is 0 Å². The topological polar surface area (TPSA) is 12.0 Å². The number of fused-ring (bicyclic) bond motifs is 1. The van der Waals surface area contributed by atoms with E-state index in [0.717, 1.165) is 19.4 Å². The number of rotatable bonds is 6. The maximum atomic E-state index is 3.84. The molecule has 0 radical (unpaired) electrons. The summed E-state index contributed by atoms with van der Waals surface area (Å²) in [6, 6.07) is 7.58. The van der Waals surface area contributed by atoms with Crippen molar-refractivity contribution in [2.45, 2.75) is 45.1 Å². The van der Waals surface area contributed by atoms with E-state index in [0.29, 0.717) is 6.04 Å². The highest BCUT2D eigenvalue weighted by Gasteiger charge is 2.12. The summed E-state index contributed by atoms with van der Waals surface area (Å²) in [5.41, 5.74) is 4.62. The molecule has 1 N–H and O–H groups in total. The molecule has 0 heterocycles. The molecule has 92 valence electrons. The van der Waals surface area contributed by atoms with Gasteiger partial charge in [0, 0.05) is 6.04 Å². The molecule has 2 rings (SSSR count). The molecule has 1 heteroatoms. The summed E-state index contributed by atoms with van der Waals surface area (Å²) in [5, 5.41) is 3.53. The summed E-state index contributed by atoms with van der Waals surface area (Å²) >= 11 is 0. The van der Waals surface area contributed by atoms with E-state index in [2.05, 4.69) is 37.0 Å². The van der Waals surface area contributed by atoms with Crippen LogP contribution < -0.4 is 5.32 Å². The number of aryl methyl sites for hydroxylation is 2. The van der Waals surface area contributed by atoms with Crippen molar-refractivity contribution < 1.29 is 0 Å². The predicted octanol–water partition coefficient (Wildman–Crippen LogP) is 3.27. The Morgan fingerprint density at radius 2 is 2.18 bits per heavy atom. The Kier molecular flexibility index (Phi) is 4.38. The van der Waals surface area contributed by atoms with E-state index < -0.39 is 0 Å². The van der Waals surface area contributed by atoms with Crippen molar-refractivity contribution in [3.63, 3.8) is 0 Å². The maximum Gasteiger partial charge on any atom is 0.0142 e. The third-order valence-corrected chi connectivity index (χ3v) is 3.59. The molecule has 1 nitrogen and oxygen atoms in total. The van der Waals surface area contributed by atoms with E-state index in [1.54, 1.807) is 11.1 Å². The normalized spacial score (nSPS) is 15.6. The molecule has 0 aliphatic heterocycles. The molecule has 0 spiro atoms. The van der Waals surface area contributed by atoms with Crippen molar-refractivity contribution in [2.24, 2.45) is 0 Å². The van der Waals surface area contributed by atoms with Crippen molar-refractivity contribution in [2.75, 3.05) is 6.54 Å². The molecule has 0 amide bonds. The second kappa shape index (κ2) is 6.02. The maximum absolute atomic E-state index is 3.84. The van der Waals surface area contributed by atoms with Crippen LogP contribution in [0.25, 0.3) is 0 Å². The third kappa shape index (κ3) is 3.19. The van der Waals surface area contributed by atoms with Gasteiger partial charge in [0.25, 0.3) is 0 Å². The smallest absolute Gasteiger partial charge is 0.0142 e. The van der Waals surface area contributed by atoms with Gasteiger partial charge in [0.05, 0.1) is 0 Å². The van der Waals surface area contributed by atoms with Crippen LogP contribution in [0.15, 0.2) is 30.9 Å². The van der Waals surface area contributed by atoms with E-state index >= 15 is 0 Å². The first-order valence-electron chi connectivity index (χ1n) is 6.78. The quantitative estimate of drug-likeness (QED) is 0.738. The lowest BCUT2D eigenvalue weighted by Gasteiger charge is -2.16. The van der Waals surface area contributed by atoms with E-state index in [-0.39, 0.29) is 0 Å².